The van der Waals surface area contributed by atoms with Crippen molar-refractivity contribution in [2.45, 2.75) is 5.92 Å². The molecule has 0 spiro atoms. The third-order valence-corrected chi connectivity index (χ3v) is 4.11. The number of allylic oxidation sites excluding steroid dienone is 1. The predicted molar refractivity (Wildman–Crippen MR) is 96.1 cm³/mol. The molecular formula is C17H18N6O3. The second kappa shape index (κ2) is 6.68. The number of aromatic nitrogens is 2. The van der Waals surface area contributed by atoms with E-state index >= 15 is 0 Å². The zero-order valence-electron chi connectivity index (χ0n) is 14.5. The smallest absolute Gasteiger partial charge is 0.223 e. The van der Waals surface area contributed by atoms with E-state index in [0.717, 1.165) is 5.56 Å². The van der Waals surface area contributed by atoms with E-state index in [0.29, 0.717) is 34.2 Å². The summed E-state index contributed by atoms with van der Waals surface area (Å²) in [5.74, 6) is 1.57. The van der Waals surface area contributed by atoms with E-state index in [2.05, 4.69) is 21.4 Å². The van der Waals surface area contributed by atoms with E-state index in [1.807, 2.05) is 0 Å². The summed E-state index contributed by atoms with van der Waals surface area (Å²) in [5, 5.41) is 12.5. The maximum Gasteiger partial charge on any atom is 0.223 e. The minimum atomic E-state index is -0.509. The number of nitrogens with two attached hydrogens (primary N) is 2. The van der Waals surface area contributed by atoms with E-state index in [1.54, 1.807) is 18.3 Å². The van der Waals surface area contributed by atoms with E-state index in [-0.39, 0.29) is 11.8 Å². The van der Waals surface area contributed by atoms with Crippen molar-refractivity contribution in [3.63, 3.8) is 0 Å². The van der Waals surface area contributed by atoms with Crippen LogP contribution >= 0.6 is 0 Å². The summed E-state index contributed by atoms with van der Waals surface area (Å²) >= 11 is 0. The van der Waals surface area contributed by atoms with Crippen LogP contribution in [0.1, 0.15) is 17.0 Å². The van der Waals surface area contributed by atoms with E-state index in [1.165, 1.54) is 21.3 Å². The lowest BCUT2D eigenvalue weighted by atomic mass is 9.84. The first-order valence-electron chi connectivity index (χ1n) is 7.63. The standard InChI is InChI=1S/C17H18N6O3/c1-24-10-4-8(5-11(25-2)14(10)26-3)12-9(6-18)7-21-16-13(12)15(19)22-17(20)23-16/h4-5,7,12H,1-3H3,(H5,19,20,21,22,23). The largest absolute Gasteiger partial charge is 0.493 e. The number of nitrogen functional groups attached to an aromatic ring is 2. The average molecular weight is 354 g/mol. The van der Waals surface area contributed by atoms with Gasteiger partial charge in [0.1, 0.15) is 11.6 Å². The Kier molecular flexibility index (Phi) is 4.41. The number of methoxy groups -OCH3 is 3. The Hall–Kier alpha value is -3.67. The van der Waals surface area contributed by atoms with Gasteiger partial charge in [0, 0.05) is 11.8 Å². The Balaban J connectivity index is 2.27. The van der Waals surface area contributed by atoms with Gasteiger partial charge in [0.25, 0.3) is 0 Å². The summed E-state index contributed by atoms with van der Waals surface area (Å²) in [4.78, 5) is 8.20. The summed E-state index contributed by atoms with van der Waals surface area (Å²) in [6.45, 7) is 0. The highest BCUT2D eigenvalue weighted by atomic mass is 16.5. The molecule has 0 saturated carbocycles. The van der Waals surface area contributed by atoms with Gasteiger partial charge in [-0.1, -0.05) is 0 Å². The molecule has 134 valence electrons. The predicted octanol–water partition coefficient (Wildman–Crippen LogP) is 1.63. The Morgan fingerprint density at radius 1 is 1.08 bits per heavy atom. The van der Waals surface area contributed by atoms with Gasteiger partial charge >= 0.3 is 0 Å². The molecule has 0 bridgehead atoms. The van der Waals surface area contributed by atoms with Crippen LogP contribution in [0, 0.1) is 11.3 Å². The number of hydrogen-bond acceptors (Lipinski definition) is 9. The molecule has 0 fully saturated rings. The maximum atomic E-state index is 9.60. The number of hydrogen-bond donors (Lipinski definition) is 3. The minimum Gasteiger partial charge on any atom is -0.493 e. The van der Waals surface area contributed by atoms with E-state index in [4.69, 9.17) is 25.7 Å². The molecule has 1 unspecified atom stereocenters. The molecule has 3 rings (SSSR count). The summed E-state index contributed by atoms with van der Waals surface area (Å²) in [6.07, 6.45) is 1.57. The van der Waals surface area contributed by atoms with Gasteiger partial charge in [-0.3, -0.25) is 0 Å². The van der Waals surface area contributed by atoms with Gasteiger partial charge in [-0.2, -0.15) is 15.2 Å². The first kappa shape index (κ1) is 17.2. The van der Waals surface area contributed by atoms with Crippen LogP contribution in [0.3, 0.4) is 0 Å². The summed E-state index contributed by atoms with van der Waals surface area (Å²) in [5.41, 5.74) is 13.5. The van der Waals surface area contributed by atoms with Crippen LogP contribution in [0.25, 0.3) is 0 Å². The van der Waals surface area contributed by atoms with Crippen molar-refractivity contribution < 1.29 is 14.2 Å². The molecule has 9 nitrogen and oxygen atoms in total. The second-order valence-corrected chi connectivity index (χ2v) is 5.48. The molecule has 0 radical (unpaired) electrons. The van der Waals surface area contributed by atoms with Gasteiger partial charge in [0.05, 0.1) is 38.9 Å². The number of rotatable bonds is 4. The van der Waals surface area contributed by atoms with Crippen LogP contribution in [0.2, 0.25) is 0 Å². The van der Waals surface area contributed by atoms with Gasteiger partial charge in [-0.25, -0.2) is 0 Å². The van der Waals surface area contributed by atoms with Crippen molar-refractivity contribution in [1.29, 1.82) is 5.26 Å². The van der Waals surface area contributed by atoms with E-state index in [9.17, 15) is 5.26 Å². The minimum absolute atomic E-state index is 0.0474. The lowest BCUT2D eigenvalue weighted by Gasteiger charge is -2.26. The zero-order valence-corrected chi connectivity index (χ0v) is 14.5. The Morgan fingerprint density at radius 3 is 2.27 bits per heavy atom. The van der Waals surface area contributed by atoms with Crippen molar-refractivity contribution in [3.8, 4) is 23.3 Å². The van der Waals surface area contributed by atoms with Crippen LogP contribution in [0.4, 0.5) is 17.6 Å². The molecule has 2 aromatic rings. The van der Waals surface area contributed by atoms with Gasteiger partial charge in [-0.15, -0.1) is 0 Å². The number of nitrogens with one attached hydrogen (secondary N) is 1. The topological polar surface area (TPSA) is 141 Å². The zero-order chi connectivity index (χ0) is 18.8. The molecule has 1 aliphatic heterocycles. The van der Waals surface area contributed by atoms with Crippen LogP contribution in [0.15, 0.2) is 23.9 Å². The second-order valence-electron chi connectivity index (χ2n) is 5.48. The number of benzene rings is 1. The number of fused-ring (bicyclic) bond motifs is 1. The Morgan fingerprint density at radius 2 is 1.73 bits per heavy atom. The first-order valence-corrected chi connectivity index (χ1v) is 7.63. The van der Waals surface area contributed by atoms with Crippen molar-refractivity contribution in [2.75, 3.05) is 38.1 Å². The van der Waals surface area contributed by atoms with Gasteiger partial charge in [-0.05, 0) is 17.7 Å². The summed E-state index contributed by atoms with van der Waals surface area (Å²) < 4.78 is 16.2. The fourth-order valence-electron chi connectivity index (χ4n) is 3.00. The molecule has 1 atom stereocenters. The molecule has 9 heteroatoms. The van der Waals surface area contributed by atoms with Gasteiger partial charge < -0.3 is 31.0 Å². The van der Waals surface area contributed by atoms with Crippen LogP contribution in [-0.4, -0.2) is 31.3 Å². The number of ether oxygens (including phenoxy) is 3. The van der Waals surface area contributed by atoms with Gasteiger partial charge in [0.15, 0.2) is 11.5 Å². The van der Waals surface area contributed by atoms with Crippen molar-refractivity contribution in [3.05, 3.63) is 35.0 Å². The molecule has 1 aliphatic rings. The van der Waals surface area contributed by atoms with Crippen molar-refractivity contribution in [2.24, 2.45) is 0 Å². The summed E-state index contributed by atoms with van der Waals surface area (Å²) in [6, 6.07) is 5.71. The van der Waals surface area contributed by atoms with Crippen LogP contribution < -0.4 is 31.0 Å². The molecule has 1 aromatic carbocycles. The fraction of sp³-hybridized carbons (Fsp3) is 0.235. The maximum absolute atomic E-state index is 9.60. The average Bonchev–Trinajstić information content (AvgIpc) is 2.65. The van der Waals surface area contributed by atoms with E-state index < -0.39 is 5.92 Å². The molecule has 5 N–H and O–H groups in total. The monoisotopic (exact) mass is 354 g/mol. The molecule has 1 aromatic heterocycles. The highest BCUT2D eigenvalue weighted by Gasteiger charge is 2.31. The lowest BCUT2D eigenvalue weighted by molar-refractivity contribution is 0.323. The van der Waals surface area contributed by atoms with Crippen molar-refractivity contribution >= 4 is 17.6 Å². The SMILES string of the molecule is COc1cc(C2C(C#N)=CNc3nc(N)nc(N)c32)cc(OC)c1OC. The Labute approximate surface area is 150 Å². The first-order chi connectivity index (χ1) is 12.5. The molecule has 0 amide bonds. The molecule has 0 aliphatic carbocycles. The molecule has 0 saturated heterocycles. The van der Waals surface area contributed by atoms with Crippen LogP contribution in [0.5, 0.6) is 17.2 Å². The highest BCUT2D eigenvalue weighted by molar-refractivity contribution is 5.71. The lowest BCUT2D eigenvalue weighted by Crippen LogP contribution is -2.18. The van der Waals surface area contributed by atoms with Crippen LogP contribution in [-0.2, 0) is 0 Å². The normalized spacial score (nSPS) is 15.2. The molecule has 26 heavy (non-hydrogen) atoms. The third-order valence-electron chi connectivity index (χ3n) is 4.11. The quantitative estimate of drug-likeness (QED) is 0.746. The fourth-order valence-corrected chi connectivity index (χ4v) is 3.00. The molecule has 2 heterocycles. The van der Waals surface area contributed by atoms with Gasteiger partial charge in [0.2, 0.25) is 11.7 Å². The Bertz CT molecular complexity index is 910. The van der Waals surface area contributed by atoms with Crippen molar-refractivity contribution in [1.82, 2.24) is 9.97 Å². The number of anilines is 3. The number of nitriles is 1. The summed E-state index contributed by atoms with van der Waals surface area (Å²) in [7, 11) is 4.57. The third kappa shape index (κ3) is 2.67. The number of nitrogens with zero attached hydrogens (tertiary/aromatic N) is 3. The molecular weight excluding hydrogens is 336 g/mol. The highest BCUT2D eigenvalue weighted by Crippen LogP contribution is 2.46.